The summed E-state index contributed by atoms with van der Waals surface area (Å²) in [6, 6.07) is 10.5. The molecule has 0 amide bonds. The second-order valence-electron chi connectivity index (χ2n) is 4.80. The normalized spacial score (nSPS) is 12.2. The van der Waals surface area contributed by atoms with Gasteiger partial charge in [0.2, 0.25) is 0 Å². The van der Waals surface area contributed by atoms with E-state index in [1.165, 1.54) is 6.07 Å². The van der Waals surface area contributed by atoms with Crippen LogP contribution in [0.15, 0.2) is 42.6 Å². The van der Waals surface area contributed by atoms with Crippen LogP contribution in [0.5, 0.6) is 0 Å². The summed E-state index contributed by atoms with van der Waals surface area (Å²) in [6.07, 6.45) is 1.77. The Kier molecular flexibility index (Phi) is 4.69. The van der Waals surface area contributed by atoms with Gasteiger partial charge in [-0.3, -0.25) is 4.98 Å². The first kappa shape index (κ1) is 14.5. The lowest BCUT2D eigenvalue weighted by Crippen LogP contribution is -2.25. The number of rotatable bonds is 5. The molecule has 2 aromatic rings. The highest BCUT2D eigenvalue weighted by Crippen LogP contribution is 2.28. The molecule has 1 heterocycles. The smallest absolute Gasteiger partial charge is 0.130 e. The van der Waals surface area contributed by atoms with E-state index in [9.17, 15) is 4.39 Å². The second kappa shape index (κ2) is 6.48. The Balaban J connectivity index is 2.35. The molecule has 0 spiro atoms. The van der Waals surface area contributed by atoms with Crippen molar-refractivity contribution in [3.05, 3.63) is 59.7 Å². The second-order valence-corrected chi connectivity index (χ2v) is 4.80. The van der Waals surface area contributed by atoms with Crippen molar-refractivity contribution in [2.45, 2.75) is 26.4 Å². The van der Waals surface area contributed by atoms with Crippen molar-refractivity contribution in [1.29, 1.82) is 0 Å². The number of hydrogen-bond acceptors (Lipinski definition) is 3. The van der Waals surface area contributed by atoms with E-state index in [-0.39, 0.29) is 11.9 Å². The van der Waals surface area contributed by atoms with Gasteiger partial charge in [-0.2, -0.15) is 0 Å². The lowest BCUT2D eigenvalue weighted by molar-refractivity contribution is 0.591. The molecule has 1 aromatic carbocycles. The van der Waals surface area contributed by atoms with Crippen molar-refractivity contribution in [2.75, 3.05) is 11.4 Å². The van der Waals surface area contributed by atoms with Crippen LogP contribution >= 0.6 is 0 Å². The summed E-state index contributed by atoms with van der Waals surface area (Å²) in [6.45, 7) is 5.25. The fourth-order valence-electron chi connectivity index (χ4n) is 2.31. The Labute approximate surface area is 119 Å². The maximum absolute atomic E-state index is 14.0. The van der Waals surface area contributed by atoms with Gasteiger partial charge in [-0.05, 0) is 38.1 Å². The maximum atomic E-state index is 14.0. The molecule has 1 atom stereocenters. The van der Waals surface area contributed by atoms with Gasteiger partial charge in [0.15, 0.2) is 0 Å². The number of anilines is 1. The molecule has 0 aliphatic carbocycles. The Bertz CT molecular complexity index is 555. The predicted molar refractivity (Wildman–Crippen MR) is 80.0 cm³/mol. The van der Waals surface area contributed by atoms with E-state index >= 15 is 0 Å². The summed E-state index contributed by atoms with van der Waals surface area (Å²) in [4.78, 5) is 6.41. The number of nitrogens with zero attached hydrogens (tertiary/aromatic N) is 2. The summed E-state index contributed by atoms with van der Waals surface area (Å²) < 4.78 is 14.0. The van der Waals surface area contributed by atoms with Gasteiger partial charge in [0, 0.05) is 30.0 Å². The van der Waals surface area contributed by atoms with Gasteiger partial charge in [0.1, 0.15) is 5.82 Å². The first-order valence-electron chi connectivity index (χ1n) is 6.82. The minimum absolute atomic E-state index is 0.253. The minimum Gasteiger partial charge on any atom is -0.366 e. The predicted octanol–water partition coefficient (Wildman–Crippen LogP) is 3.27. The molecule has 0 fully saturated rings. The Hall–Kier alpha value is -1.94. The molecule has 2 N–H and O–H groups in total. The van der Waals surface area contributed by atoms with E-state index in [4.69, 9.17) is 5.73 Å². The van der Waals surface area contributed by atoms with Crippen molar-refractivity contribution >= 4 is 5.69 Å². The number of hydrogen-bond donors (Lipinski definition) is 1. The van der Waals surface area contributed by atoms with Crippen LogP contribution in [0, 0.1) is 5.82 Å². The third kappa shape index (κ3) is 3.14. The van der Waals surface area contributed by atoms with Gasteiger partial charge in [0.05, 0.1) is 12.2 Å². The van der Waals surface area contributed by atoms with Crippen molar-refractivity contribution in [1.82, 2.24) is 4.98 Å². The fraction of sp³-hybridized carbons (Fsp3) is 0.312. The Morgan fingerprint density at radius 1 is 1.25 bits per heavy atom. The molecule has 106 valence electrons. The monoisotopic (exact) mass is 273 g/mol. The fourth-order valence-corrected chi connectivity index (χ4v) is 2.31. The molecular formula is C16H20FN3. The minimum atomic E-state index is -0.344. The van der Waals surface area contributed by atoms with Gasteiger partial charge in [-0.25, -0.2) is 4.39 Å². The van der Waals surface area contributed by atoms with Crippen LogP contribution in [-0.2, 0) is 6.54 Å². The van der Waals surface area contributed by atoms with E-state index in [1.54, 1.807) is 19.2 Å². The van der Waals surface area contributed by atoms with E-state index in [0.717, 1.165) is 17.9 Å². The van der Waals surface area contributed by atoms with E-state index in [0.29, 0.717) is 12.1 Å². The van der Waals surface area contributed by atoms with Crippen LogP contribution in [0.25, 0.3) is 0 Å². The molecule has 3 nitrogen and oxygen atoms in total. The Morgan fingerprint density at radius 3 is 2.65 bits per heavy atom. The van der Waals surface area contributed by atoms with Crippen LogP contribution in [-0.4, -0.2) is 11.5 Å². The van der Waals surface area contributed by atoms with Gasteiger partial charge in [0.25, 0.3) is 0 Å². The van der Waals surface area contributed by atoms with Gasteiger partial charge >= 0.3 is 0 Å². The summed E-state index contributed by atoms with van der Waals surface area (Å²) in [5.74, 6) is -0.253. The van der Waals surface area contributed by atoms with E-state index < -0.39 is 0 Å². The molecule has 0 bridgehead atoms. The molecule has 2 rings (SSSR count). The van der Waals surface area contributed by atoms with Gasteiger partial charge in [-0.15, -0.1) is 0 Å². The van der Waals surface area contributed by atoms with Crippen LogP contribution in [0.2, 0.25) is 0 Å². The van der Waals surface area contributed by atoms with Crippen LogP contribution < -0.4 is 10.6 Å². The first-order chi connectivity index (χ1) is 9.63. The SMILES string of the molecule is CCN(Cc1ccccn1)c1cccc(F)c1[C@@H](C)N. The summed E-state index contributed by atoms with van der Waals surface area (Å²) in [5, 5.41) is 0. The number of halogens is 1. The van der Waals surface area contributed by atoms with Crippen molar-refractivity contribution in [2.24, 2.45) is 5.73 Å². The zero-order valence-electron chi connectivity index (χ0n) is 11.9. The van der Waals surface area contributed by atoms with Crippen molar-refractivity contribution < 1.29 is 4.39 Å². The van der Waals surface area contributed by atoms with Crippen LogP contribution in [0.3, 0.4) is 0 Å². The molecule has 0 aliphatic rings. The zero-order valence-corrected chi connectivity index (χ0v) is 11.9. The molecule has 0 unspecified atom stereocenters. The highest BCUT2D eigenvalue weighted by atomic mass is 19.1. The third-order valence-electron chi connectivity index (χ3n) is 3.29. The average Bonchev–Trinajstić information content (AvgIpc) is 2.45. The number of benzene rings is 1. The standard InChI is InChI=1S/C16H20FN3/c1-3-20(11-13-7-4-5-10-19-13)15-9-6-8-14(17)16(15)12(2)18/h4-10,12H,3,11,18H2,1-2H3/t12-/m1/s1. The quantitative estimate of drug-likeness (QED) is 0.909. The maximum Gasteiger partial charge on any atom is 0.130 e. The van der Waals surface area contributed by atoms with E-state index in [2.05, 4.69) is 9.88 Å². The summed E-state index contributed by atoms with van der Waals surface area (Å²) in [7, 11) is 0. The number of aromatic nitrogens is 1. The molecule has 0 radical (unpaired) electrons. The molecule has 0 saturated carbocycles. The molecule has 20 heavy (non-hydrogen) atoms. The van der Waals surface area contributed by atoms with Crippen LogP contribution in [0.4, 0.5) is 10.1 Å². The third-order valence-corrected chi connectivity index (χ3v) is 3.29. The van der Waals surface area contributed by atoms with Gasteiger partial charge < -0.3 is 10.6 Å². The number of pyridine rings is 1. The first-order valence-corrected chi connectivity index (χ1v) is 6.82. The molecule has 0 saturated heterocycles. The summed E-state index contributed by atoms with van der Waals surface area (Å²) >= 11 is 0. The lowest BCUT2D eigenvalue weighted by atomic mass is 10.0. The van der Waals surface area contributed by atoms with Crippen LogP contribution in [0.1, 0.15) is 31.1 Å². The topological polar surface area (TPSA) is 42.2 Å². The highest BCUT2D eigenvalue weighted by Gasteiger charge is 2.17. The molecule has 0 aliphatic heterocycles. The Morgan fingerprint density at radius 2 is 2.05 bits per heavy atom. The zero-order chi connectivity index (χ0) is 14.5. The molecule has 4 heteroatoms. The summed E-state index contributed by atoms with van der Waals surface area (Å²) in [5.41, 5.74) is 8.27. The van der Waals surface area contributed by atoms with Crippen molar-refractivity contribution in [3.63, 3.8) is 0 Å². The van der Waals surface area contributed by atoms with Crippen molar-refractivity contribution in [3.8, 4) is 0 Å². The van der Waals surface area contributed by atoms with E-state index in [1.807, 2.05) is 31.2 Å². The molecule has 1 aromatic heterocycles. The number of nitrogens with two attached hydrogens (primary N) is 1. The molecular weight excluding hydrogens is 253 g/mol. The highest BCUT2D eigenvalue weighted by molar-refractivity contribution is 5.55. The lowest BCUT2D eigenvalue weighted by Gasteiger charge is -2.27. The largest absolute Gasteiger partial charge is 0.366 e. The average molecular weight is 273 g/mol. The van der Waals surface area contributed by atoms with Gasteiger partial charge in [-0.1, -0.05) is 12.1 Å².